The molecule has 2 aromatic carbocycles. The molecule has 1 unspecified atom stereocenters. The van der Waals surface area contributed by atoms with Gasteiger partial charge in [-0.3, -0.25) is 9.69 Å². The Bertz CT molecular complexity index is 1170. The van der Waals surface area contributed by atoms with Gasteiger partial charge in [-0.2, -0.15) is 0 Å². The number of benzene rings is 2. The molecule has 4 rings (SSSR count). The lowest BCUT2D eigenvalue weighted by molar-refractivity contribution is 0.0342. The fraction of sp³-hybridized carbons (Fsp3) is 0.308. The molecule has 0 bridgehead atoms. The summed E-state index contributed by atoms with van der Waals surface area (Å²) < 4.78 is 5.40. The largest absolute Gasteiger partial charge is 0.502 e. The SMILES string of the molecule is NCC(Cc1nc[nH]c(=O)c1O)c1ccc(C#Cc2ccc(CN3CCOCC3)cc2)cc1. The number of aromatic hydroxyl groups is 1. The smallest absolute Gasteiger partial charge is 0.293 e. The highest BCUT2D eigenvalue weighted by Gasteiger charge is 2.16. The molecule has 2 heterocycles. The van der Waals surface area contributed by atoms with Gasteiger partial charge in [-0.15, -0.1) is 0 Å². The summed E-state index contributed by atoms with van der Waals surface area (Å²) in [6, 6.07) is 16.3. The fourth-order valence-corrected chi connectivity index (χ4v) is 3.84. The predicted octanol–water partition coefficient (Wildman–Crippen LogP) is 1.99. The summed E-state index contributed by atoms with van der Waals surface area (Å²) in [5.74, 6) is 6.01. The Hall–Kier alpha value is -3.44. The van der Waals surface area contributed by atoms with E-state index in [0.717, 1.165) is 49.5 Å². The molecule has 170 valence electrons. The van der Waals surface area contributed by atoms with Crippen molar-refractivity contribution in [2.24, 2.45) is 5.73 Å². The molecule has 0 aliphatic carbocycles. The lowest BCUT2D eigenvalue weighted by Crippen LogP contribution is -2.35. The maximum atomic E-state index is 11.6. The van der Waals surface area contributed by atoms with Gasteiger partial charge in [0.05, 0.1) is 25.2 Å². The summed E-state index contributed by atoms with van der Waals surface area (Å²) >= 11 is 0. The zero-order chi connectivity index (χ0) is 23.0. The van der Waals surface area contributed by atoms with Crippen LogP contribution in [0.2, 0.25) is 0 Å². The van der Waals surface area contributed by atoms with E-state index in [9.17, 15) is 9.90 Å². The molecule has 7 nitrogen and oxygen atoms in total. The monoisotopic (exact) mass is 444 g/mol. The highest BCUT2D eigenvalue weighted by atomic mass is 16.5. The number of H-pyrrole nitrogens is 1. The average molecular weight is 445 g/mol. The Balaban J connectivity index is 1.39. The van der Waals surface area contributed by atoms with Gasteiger partial charge in [0.15, 0.2) is 0 Å². The van der Waals surface area contributed by atoms with E-state index < -0.39 is 5.56 Å². The number of hydrogen-bond donors (Lipinski definition) is 3. The molecular weight excluding hydrogens is 416 g/mol. The highest BCUT2D eigenvalue weighted by Crippen LogP contribution is 2.22. The van der Waals surface area contributed by atoms with Crippen molar-refractivity contribution in [1.82, 2.24) is 14.9 Å². The van der Waals surface area contributed by atoms with Gasteiger partial charge in [0, 0.05) is 43.1 Å². The predicted molar refractivity (Wildman–Crippen MR) is 127 cm³/mol. The van der Waals surface area contributed by atoms with Crippen LogP contribution in [-0.4, -0.2) is 52.8 Å². The second kappa shape index (κ2) is 10.9. The van der Waals surface area contributed by atoms with Crippen molar-refractivity contribution >= 4 is 0 Å². The Morgan fingerprint density at radius 3 is 2.33 bits per heavy atom. The lowest BCUT2D eigenvalue weighted by atomic mass is 9.93. The first-order chi connectivity index (χ1) is 16.1. The number of rotatable bonds is 6. The first kappa shape index (κ1) is 22.7. The van der Waals surface area contributed by atoms with Crippen LogP contribution in [0.25, 0.3) is 0 Å². The highest BCUT2D eigenvalue weighted by molar-refractivity contribution is 5.44. The number of nitrogens with two attached hydrogens (primary N) is 1. The summed E-state index contributed by atoms with van der Waals surface area (Å²) in [5.41, 5.74) is 9.92. The van der Waals surface area contributed by atoms with E-state index >= 15 is 0 Å². The van der Waals surface area contributed by atoms with Crippen molar-refractivity contribution < 1.29 is 9.84 Å². The van der Waals surface area contributed by atoms with E-state index in [1.807, 2.05) is 24.3 Å². The molecular formula is C26H28N4O3. The number of aromatic nitrogens is 2. The molecule has 0 spiro atoms. The minimum Gasteiger partial charge on any atom is -0.502 e. The Morgan fingerprint density at radius 1 is 1.06 bits per heavy atom. The first-order valence-corrected chi connectivity index (χ1v) is 11.1. The van der Waals surface area contributed by atoms with E-state index in [0.29, 0.717) is 18.7 Å². The zero-order valence-corrected chi connectivity index (χ0v) is 18.5. The molecule has 0 amide bonds. The minimum atomic E-state index is -0.546. The van der Waals surface area contributed by atoms with Gasteiger partial charge in [0.1, 0.15) is 0 Å². The van der Waals surface area contributed by atoms with Crippen LogP contribution in [0.15, 0.2) is 59.7 Å². The molecule has 1 aliphatic rings. The van der Waals surface area contributed by atoms with Gasteiger partial charge >= 0.3 is 0 Å². The Labute approximate surface area is 193 Å². The zero-order valence-electron chi connectivity index (χ0n) is 18.5. The van der Waals surface area contributed by atoms with E-state index in [1.165, 1.54) is 11.9 Å². The van der Waals surface area contributed by atoms with Gasteiger partial charge in [-0.25, -0.2) is 4.98 Å². The molecule has 3 aromatic rings. The molecule has 4 N–H and O–H groups in total. The summed E-state index contributed by atoms with van der Waals surface area (Å²) in [4.78, 5) is 20.4. The molecule has 1 aliphatic heterocycles. The summed E-state index contributed by atoms with van der Waals surface area (Å²) in [6.45, 7) is 4.87. The van der Waals surface area contributed by atoms with Gasteiger partial charge < -0.3 is 20.6 Å². The third kappa shape index (κ3) is 6.08. The third-order valence-corrected chi connectivity index (χ3v) is 5.83. The molecule has 33 heavy (non-hydrogen) atoms. The van der Waals surface area contributed by atoms with Crippen molar-refractivity contribution in [3.8, 4) is 17.6 Å². The van der Waals surface area contributed by atoms with Crippen LogP contribution in [0.5, 0.6) is 5.75 Å². The maximum Gasteiger partial charge on any atom is 0.293 e. The summed E-state index contributed by atoms with van der Waals surface area (Å²) in [7, 11) is 0. The van der Waals surface area contributed by atoms with Gasteiger partial charge in [0.2, 0.25) is 5.75 Å². The number of ether oxygens (including phenoxy) is 1. The van der Waals surface area contributed by atoms with Crippen LogP contribution in [0.1, 0.15) is 33.9 Å². The van der Waals surface area contributed by atoms with Crippen LogP contribution < -0.4 is 11.3 Å². The van der Waals surface area contributed by atoms with E-state index in [-0.39, 0.29) is 11.7 Å². The van der Waals surface area contributed by atoms with Crippen LogP contribution in [0.4, 0.5) is 0 Å². The second-order valence-corrected chi connectivity index (χ2v) is 8.12. The van der Waals surface area contributed by atoms with Crippen molar-refractivity contribution in [2.75, 3.05) is 32.8 Å². The van der Waals surface area contributed by atoms with E-state index in [2.05, 4.69) is 51.0 Å². The lowest BCUT2D eigenvalue weighted by Gasteiger charge is -2.26. The van der Waals surface area contributed by atoms with Crippen LogP contribution in [-0.2, 0) is 17.7 Å². The topological polar surface area (TPSA) is 104 Å². The third-order valence-electron chi connectivity index (χ3n) is 5.83. The summed E-state index contributed by atoms with van der Waals surface area (Å²) in [6.07, 6.45) is 1.67. The van der Waals surface area contributed by atoms with Gasteiger partial charge in [-0.1, -0.05) is 36.1 Å². The molecule has 0 saturated carbocycles. The molecule has 1 atom stereocenters. The van der Waals surface area contributed by atoms with Crippen molar-refractivity contribution in [1.29, 1.82) is 0 Å². The summed E-state index contributed by atoms with van der Waals surface area (Å²) in [5, 5.41) is 9.94. The van der Waals surface area contributed by atoms with Crippen LogP contribution in [0.3, 0.4) is 0 Å². The molecule has 1 fully saturated rings. The molecule has 1 aromatic heterocycles. The normalized spacial score (nSPS) is 14.9. The van der Waals surface area contributed by atoms with Gasteiger partial charge in [0.25, 0.3) is 5.56 Å². The number of nitrogens with zero attached hydrogens (tertiary/aromatic N) is 2. The van der Waals surface area contributed by atoms with Crippen molar-refractivity contribution in [2.45, 2.75) is 18.9 Å². The molecule has 0 radical (unpaired) electrons. The Kier molecular flexibility index (Phi) is 7.53. The van der Waals surface area contributed by atoms with Crippen molar-refractivity contribution in [3.63, 3.8) is 0 Å². The number of aromatic amines is 1. The van der Waals surface area contributed by atoms with Crippen LogP contribution >= 0.6 is 0 Å². The van der Waals surface area contributed by atoms with E-state index in [4.69, 9.17) is 10.5 Å². The van der Waals surface area contributed by atoms with Crippen molar-refractivity contribution in [3.05, 3.63) is 93.2 Å². The Morgan fingerprint density at radius 2 is 1.70 bits per heavy atom. The number of hydrogen-bond acceptors (Lipinski definition) is 6. The number of nitrogens with one attached hydrogen (secondary N) is 1. The number of morpholine rings is 1. The van der Waals surface area contributed by atoms with Gasteiger partial charge in [-0.05, 0) is 41.9 Å². The fourth-order valence-electron chi connectivity index (χ4n) is 3.84. The van der Waals surface area contributed by atoms with Crippen LogP contribution in [0, 0.1) is 11.8 Å². The van der Waals surface area contributed by atoms with E-state index in [1.54, 1.807) is 0 Å². The molecule has 7 heteroatoms. The second-order valence-electron chi connectivity index (χ2n) is 8.12. The average Bonchev–Trinajstić information content (AvgIpc) is 2.86. The quantitative estimate of drug-likeness (QED) is 0.503. The first-order valence-electron chi connectivity index (χ1n) is 11.1. The molecule has 1 saturated heterocycles. The maximum absolute atomic E-state index is 11.6. The standard InChI is InChI=1S/C26H28N4O3/c27-16-23(15-24-25(31)26(32)29-18-28-24)22-9-7-20(8-10-22)2-1-19-3-5-21(6-4-19)17-30-11-13-33-14-12-30/h3-10,18,23,31H,11-17,27H2,(H,28,29,32). The minimum absolute atomic E-state index is 0.0637.